The minimum Gasteiger partial charge on any atom is -0.480 e. The molecule has 35 heavy (non-hydrogen) atoms. The second-order valence-electron chi connectivity index (χ2n) is 8.71. The van der Waals surface area contributed by atoms with Gasteiger partial charge in [0.2, 0.25) is 5.91 Å². The first kappa shape index (κ1) is 23.9. The molecule has 0 spiro atoms. The van der Waals surface area contributed by atoms with Crippen LogP contribution < -0.4 is 15.4 Å². The average Bonchev–Trinajstić information content (AvgIpc) is 3.25. The molecule has 0 radical (unpaired) electrons. The molecule has 2 aliphatic heterocycles. The van der Waals surface area contributed by atoms with Crippen LogP contribution in [0.1, 0.15) is 36.6 Å². The minimum absolute atomic E-state index is 0.132. The lowest BCUT2D eigenvalue weighted by Crippen LogP contribution is -2.51. The molecule has 5 rings (SSSR count). The minimum atomic E-state index is -0.839. The maximum absolute atomic E-state index is 12.7. The Bertz CT molecular complexity index is 1260. The molecule has 1 aromatic carbocycles. The summed E-state index contributed by atoms with van der Waals surface area (Å²) in [5, 5.41) is 17.2. The van der Waals surface area contributed by atoms with Gasteiger partial charge in [0.05, 0.1) is 31.0 Å². The molecule has 0 aliphatic carbocycles. The van der Waals surface area contributed by atoms with Gasteiger partial charge in [-0.1, -0.05) is 23.2 Å². The zero-order chi connectivity index (χ0) is 24.5. The van der Waals surface area contributed by atoms with E-state index in [4.69, 9.17) is 32.7 Å². The van der Waals surface area contributed by atoms with Gasteiger partial charge >= 0.3 is 0 Å². The molecule has 4 atom stereocenters. The molecule has 9 nitrogen and oxygen atoms in total. The number of pyridine rings is 1. The molecule has 1 saturated heterocycles. The topological polar surface area (TPSA) is 114 Å². The van der Waals surface area contributed by atoms with E-state index in [1.807, 2.05) is 16.8 Å². The number of carbonyl (C=O) groups excluding carboxylic acids is 2. The number of nitrogens with one attached hydrogen (secondary N) is 2. The Morgan fingerprint density at radius 2 is 1.94 bits per heavy atom. The van der Waals surface area contributed by atoms with Gasteiger partial charge < -0.3 is 29.6 Å². The van der Waals surface area contributed by atoms with Gasteiger partial charge in [0, 0.05) is 34.4 Å². The van der Waals surface area contributed by atoms with Crippen LogP contribution in [0.15, 0.2) is 42.7 Å². The van der Waals surface area contributed by atoms with Crippen molar-refractivity contribution in [3.63, 3.8) is 0 Å². The SMILES string of the molecule is O=C(N[C@@H]1CC[C@@H](C(=O)NCc2cn3ccc(Cl)cc3n2)OC1)C1CC(O)c2cc(Cl)ccc2O1. The number of nitrogens with zero attached hydrogens (tertiary/aromatic N) is 2. The van der Waals surface area contributed by atoms with Crippen molar-refractivity contribution < 1.29 is 24.2 Å². The molecule has 4 heterocycles. The lowest BCUT2D eigenvalue weighted by Gasteiger charge is -2.32. The molecule has 1 fully saturated rings. The number of amides is 2. The van der Waals surface area contributed by atoms with Crippen LogP contribution in [0.5, 0.6) is 5.75 Å². The third kappa shape index (κ3) is 5.38. The first-order valence-electron chi connectivity index (χ1n) is 11.3. The number of hydrogen-bond donors (Lipinski definition) is 3. The number of carbonyl (C=O) groups is 2. The standard InChI is InChI=1S/C24H24Cl2N4O5/c25-13-1-3-19-17(7-13)18(31)9-21(35-19)24(33)29-15-2-4-20(34-12-15)23(32)27-10-16-11-30-6-5-14(26)8-22(30)28-16/h1,3,5-8,11,15,18,20-21,31H,2,4,9-10,12H2,(H,27,32)(H,29,33)/t15-,18?,20+,21?/m1/s1. The van der Waals surface area contributed by atoms with E-state index in [0.717, 1.165) is 0 Å². The molecular weight excluding hydrogens is 495 g/mol. The number of benzene rings is 1. The first-order chi connectivity index (χ1) is 16.9. The van der Waals surface area contributed by atoms with Crippen LogP contribution in [0.2, 0.25) is 10.0 Å². The Morgan fingerprint density at radius 3 is 2.74 bits per heavy atom. The smallest absolute Gasteiger partial charge is 0.261 e. The maximum atomic E-state index is 12.7. The summed E-state index contributed by atoms with van der Waals surface area (Å²) in [6, 6.07) is 8.20. The number of halogens is 2. The number of rotatable bonds is 5. The lowest BCUT2D eigenvalue weighted by molar-refractivity contribution is -0.138. The molecule has 2 amide bonds. The van der Waals surface area contributed by atoms with E-state index in [2.05, 4.69) is 15.6 Å². The van der Waals surface area contributed by atoms with Gasteiger partial charge in [0.1, 0.15) is 17.5 Å². The predicted octanol–water partition coefficient (Wildman–Crippen LogP) is 2.81. The summed E-state index contributed by atoms with van der Waals surface area (Å²) in [6.45, 7) is 0.477. The average molecular weight is 519 g/mol. The van der Waals surface area contributed by atoms with Gasteiger partial charge in [-0.15, -0.1) is 0 Å². The summed E-state index contributed by atoms with van der Waals surface area (Å²) < 4.78 is 13.3. The summed E-state index contributed by atoms with van der Waals surface area (Å²) in [4.78, 5) is 29.7. The fraction of sp³-hybridized carbons (Fsp3) is 0.375. The number of hydrogen-bond acceptors (Lipinski definition) is 6. The van der Waals surface area contributed by atoms with Crippen molar-refractivity contribution in [1.82, 2.24) is 20.0 Å². The van der Waals surface area contributed by atoms with Gasteiger partial charge in [0.15, 0.2) is 6.10 Å². The van der Waals surface area contributed by atoms with Gasteiger partial charge in [0.25, 0.3) is 5.91 Å². The summed E-state index contributed by atoms with van der Waals surface area (Å²) >= 11 is 12.0. The number of aliphatic hydroxyl groups is 1. The Hall–Kier alpha value is -2.85. The first-order valence-corrected chi connectivity index (χ1v) is 12.1. The van der Waals surface area contributed by atoms with Gasteiger partial charge in [-0.3, -0.25) is 9.59 Å². The lowest BCUT2D eigenvalue weighted by atomic mass is 9.98. The van der Waals surface area contributed by atoms with E-state index < -0.39 is 18.3 Å². The number of fused-ring (bicyclic) bond motifs is 2. The van der Waals surface area contributed by atoms with Crippen LogP contribution >= 0.6 is 23.2 Å². The van der Waals surface area contributed by atoms with Crippen molar-refractivity contribution in [3.05, 3.63) is 64.0 Å². The van der Waals surface area contributed by atoms with Crippen molar-refractivity contribution in [3.8, 4) is 5.75 Å². The third-order valence-electron chi connectivity index (χ3n) is 6.16. The molecule has 11 heteroatoms. The summed E-state index contributed by atoms with van der Waals surface area (Å²) in [7, 11) is 0. The fourth-order valence-electron chi connectivity index (χ4n) is 4.33. The molecule has 3 aromatic rings. The Morgan fingerprint density at radius 1 is 1.11 bits per heavy atom. The second kappa shape index (κ2) is 10.0. The van der Waals surface area contributed by atoms with Gasteiger partial charge in [-0.25, -0.2) is 4.98 Å². The molecule has 2 aliphatic rings. The normalized spacial score (nSPS) is 23.9. The van der Waals surface area contributed by atoms with Crippen molar-refractivity contribution in [2.45, 2.75) is 50.2 Å². The molecule has 2 unspecified atom stereocenters. The molecular formula is C24H24Cl2N4O5. The van der Waals surface area contributed by atoms with E-state index in [1.165, 1.54) is 0 Å². The Kier molecular flexibility index (Phi) is 6.84. The van der Waals surface area contributed by atoms with E-state index in [1.54, 1.807) is 30.3 Å². The quantitative estimate of drug-likeness (QED) is 0.478. The largest absolute Gasteiger partial charge is 0.480 e. The highest BCUT2D eigenvalue weighted by molar-refractivity contribution is 6.31. The van der Waals surface area contributed by atoms with Crippen molar-refractivity contribution in [2.24, 2.45) is 0 Å². The summed E-state index contributed by atoms with van der Waals surface area (Å²) in [6.07, 6.45) is 2.56. The van der Waals surface area contributed by atoms with Crippen molar-refractivity contribution in [2.75, 3.05) is 6.61 Å². The molecule has 0 bridgehead atoms. The van der Waals surface area contributed by atoms with Crippen LogP contribution in [0, 0.1) is 0 Å². The zero-order valence-electron chi connectivity index (χ0n) is 18.6. The number of aliphatic hydroxyl groups excluding tert-OH is 1. The second-order valence-corrected chi connectivity index (χ2v) is 9.58. The Balaban J connectivity index is 1.09. The summed E-state index contributed by atoms with van der Waals surface area (Å²) in [5.41, 5.74) is 1.99. The summed E-state index contributed by atoms with van der Waals surface area (Å²) in [5.74, 6) is -0.106. The van der Waals surface area contributed by atoms with Crippen LogP contribution in [-0.2, 0) is 20.9 Å². The predicted molar refractivity (Wildman–Crippen MR) is 128 cm³/mol. The highest BCUT2D eigenvalue weighted by Crippen LogP contribution is 2.36. The monoisotopic (exact) mass is 518 g/mol. The third-order valence-corrected chi connectivity index (χ3v) is 6.63. The van der Waals surface area contributed by atoms with E-state index in [9.17, 15) is 14.7 Å². The van der Waals surface area contributed by atoms with E-state index in [0.29, 0.717) is 45.5 Å². The van der Waals surface area contributed by atoms with Crippen molar-refractivity contribution >= 4 is 40.7 Å². The molecule has 184 valence electrons. The molecule has 2 aromatic heterocycles. The Labute approximate surface area is 211 Å². The van der Waals surface area contributed by atoms with Gasteiger partial charge in [-0.2, -0.15) is 0 Å². The van der Waals surface area contributed by atoms with E-state index >= 15 is 0 Å². The maximum Gasteiger partial charge on any atom is 0.261 e. The fourth-order valence-corrected chi connectivity index (χ4v) is 4.67. The zero-order valence-corrected chi connectivity index (χ0v) is 20.1. The van der Waals surface area contributed by atoms with Crippen LogP contribution in [0.4, 0.5) is 0 Å². The van der Waals surface area contributed by atoms with Crippen LogP contribution in [-0.4, -0.2) is 51.2 Å². The highest BCUT2D eigenvalue weighted by atomic mass is 35.5. The molecule has 3 N–H and O–H groups in total. The highest BCUT2D eigenvalue weighted by Gasteiger charge is 2.34. The number of aromatic nitrogens is 2. The van der Waals surface area contributed by atoms with Crippen LogP contribution in [0.25, 0.3) is 5.65 Å². The number of ether oxygens (including phenoxy) is 2. The number of imidazole rings is 1. The van der Waals surface area contributed by atoms with Crippen LogP contribution in [0.3, 0.4) is 0 Å². The molecule has 0 saturated carbocycles. The van der Waals surface area contributed by atoms with E-state index in [-0.39, 0.29) is 37.4 Å². The van der Waals surface area contributed by atoms with Crippen molar-refractivity contribution in [1.29, 1.82) is 0 Å². The van der Waals surface area contributed by atoms with Gasteiger partial charge in [-0.05, 0) is 43.2 Å².